The van der Waals surface area contributed by atoms with E-state index in [2.05, 4.69) is 33.8 Å². The molecule has 1 saturated heterocycles. The molecule has 0 aliphatic carbocycles. The fourth-order valence-electron chi connectivity index (χ4n) is 2.45. The number of nitrogens with zero attached hydrogens (tertiary/aromatic N) is 3. The van der Waals surface area contributed by atoms with E-state index in [0.29, 0.717) is 6.54 Å². The van der Waals surface area contributed by atoms with Gasteiger partial charge in [0.1, 0.15) is 0 Å². The zero-order valence-electron chi connectivity index (χ0n) is 11.3. The van der Waals surface area contributed by atoms with Gasteiger partial charge in [-0.15, -0.1) is 0 Å². The highest BCUT2D eigenvalue weighted by atomic mass is 15.3. The first-order valence-electron chi connectivity index (χ1n) is 6.91. The first-order chi connectivity index (χ1) is 8.81. The van der Waals surface area contributed by atoms with Crippen molar-refractivity contribution in [2.45, 2.75) is 26.4 Å². The molecular formula is C14H24N4. The highest BCUT2D eigenvalue weighted by Gasteiger charge is 2.16. The van der Waals surface area contributed by atoms with Crippen LogP contribution in [0.4, 0.5) is 0 Å². The second-order valence-corrected chi connectivity index (χ2v) is 4.94. The predicted octanol–water partition coefficient (Wildman–Crippen LogP) is 1.07. The number of nitrogens with two attached hydrogens (primary N) is 1. The summed E-state index contributed by atoms with van der Waals surface area (Å²) >= 11 is 0. The van der Waals surface area contributed by atoms with Gasteiger partial charge in [-0.1, -0.05) is 13.0 Å². The third-order valence-corrected chi connectivity index (χ3v) is 3.46. The number of hydrogen-bond donors (Lipinski definition) is 1. The Kier molecular flexibility index (Phi) is 5.11. The molecule has 2 heterocycles. The molecule has 4 nitrogen and oxygen atoms in total. The lowest BCUT2D eigenvalue weighted by molar-refractivity contribution is 0.126. The van der Waals surface area contributed by atoms with Gasteiger partial charge >= 0.3 is 0 Å². The summed E-state index contributed by atoms with van der Waals surface area (Å²) in [5.74, 6) is 0. The molecule has 1 fully saturated rings. The molecule has 1 aliphatic rings. The van der Waals surface area contributed by atoms with E-state index in [0.717, 1.165) is 31.0 Å². The molecule has 0 amide bonds. The second-order valence-electron chi connectivity index (χ2n) is 4.94. The molecule has 1 aromatic rings. The Balaban J connectivity index is 1.83. The molecule has 0 spiro atoms. The van der Waals surface area contributed by atoms with Gasteiger partial charge in [0, 0.05) is 39.3 Å². The van der Waals surface area contributed by atoms with E-state index in [-0.39, 0.29) is 0 Å². The van der Waals surface area contributed by atoms with Crippen LogP contribution in [0.3, 0.4) is 0 Å². The number of aromatic nitrogens is 1. The van der Waals surface area contributed by atoms with Crippen LogP contribution in [-0.4, -0.2) is 47.5 Å². The summed E-state index contributed by atoms with van der Waals surface area (Å²) in [6, 6.07) is 6.14. The first kappa shape index (κ1) is 13.5. The van der Waals surface area contributed by atoms with E-state index < -0.39 is 0 Å². The molecule has 0 saturated carbocycles. The molecule has 2 rings (SSSR count). The average molecular weight is 248 g/mol. The number of pyridine rings is 1. The maximum absolute atomic E-state index is 5.62. The quantitative estimate of drug-likeness (QED) is 0.846. The molecule has 1 aromatic heterocycles. The van der Waals surface area contributed by atoms with E-state index in [1.54, 1.807) is 0 Å². The molecule has 100 valence electrons. The first-order valence-corrected chi connectivity index (χ1v) is 6.91. The molecule has 0 bridgehead atoms. The zero-order valence-corrected chi connectivity index (χ0v) is 11.3. The largest absolute Gasteiger partial charge is 0.325 e. The Morgan fingerprint density at radius 1 is 1.11 bits per heavy atom. The molecule has 0 atom stereocenters. The van der Waals surface area contributed by atoms with Crippen molar-refractivity contribution in [3.8, 4) is 0 Å². The van der Waals surface area contributed by atoms with Gasteiger partial charge in [0.25, 0.3) is 0 Å². The maximum Gasteiger partial charge on any atom is 0.0547 e. The highest BCUT2D eigenvalue weighted by molar-refractivity contribution is 5.11. The van der Waals surface area contributed by atoms with Gasteiger partial charge < -0.3 is 10.6 Å². The molecular weight excluding hydrogens is 224 g/mol. The van der Waals surface area contributed by atoms with Crippen molar-refractivity contribution < 1.29 is 0 Å². The van der Waals surface area contributed by atoms with E-state index in [9.17, 15) is 0 Å². The SMILES string of the molecule is CCCN1CCN(Cc2cccc(CN)n2)CC1. The number of piperazine rings is 1. The van der Waals surface area contributed by atoms with Crippen molar-refractivity contribution in [2.24, 2.45) is 5.73 Å². The van der Waals surface area contributed by atoms with Crippen molar-refractivity contribution in [2.75, 3.05) is 32.7 Å². The lowest BCUT2D eigenvalue weighted by atomic mass is 10.2. The minimum Gasteiger partial charge on any atom is -0.325 e. The summed E-state index contributed by atoms with van der Waals surface area (Å²) in [4.78, 5) is 9.58. The second kappa shape index (κ2) is 6.83. The van der Waals surface area contributed by atoms with Crippen LogP contribution in [0.2, 0.25) is 0 Å². The lowest BCUT2D eigenvalue weighted by Crippen LogP contribution is -2.46. The summed E-state index contributed by atoms with van der Waals surface area (Å²) in [6.07, 6.45) is 1.25. The monoisotopic (exact) mass is 248 g/mol. The highest BCUT2D eigenvalue weighted by Crippen LogP contribution is 2.08. The van der Waals surface area contributed by atoms with Crippen LogP contribution >= 0.6 is 0 Å². The zero-order chi connectivity index (χ0) is 12.8. The van der Waals surface area contributed by atoms with Crippen LogP contribution in [0.1, 0.15) is 24.7 Å². The van der Waals surface area contributed by atoms with Crippen molar-refractivity contribution in [1.29, 1.82) is 0 Å². The van der Waals surface area contributed by atoms with Crippen LogP contribution < -0.4 is 5.73 Å². The van der Waals surface area contributed by atoms with Gasteiger partial charge in [0.05, 0.1) is 11.4 Å². The van der Waals surface area contributed by atoms with Crippen LogP contribution in [0, 0.1) is 0 Å². The molecule has 2 N–H and O–H groups in total. The van der Waals surface area contributed by atoms with Crippen molar-refractivity contribution in [3.05, 3.63) is 29.6 Å². The number of rotatable bonds is 5. The summed E-state index contributed by atoms with van der Waals surface area (Å²) in [5, 5.41) is 0. The Morgan fingerprint density at radius 2 is 1.78 bits per heavy atom. The van der Waals surface area contributed by atoms with E-state index in [1.165, 1.54) is 26.1 Å². The molecule has 18 heavy (non-hydrogen) atoms. The predicted molar refractivity (Wildman–Crippen MR) is 74.1 cm³/mol. The summed E-state index contributed by atoms with van der Waals surface area (Å²) in [7, 11) is 0. The fourth-order valence-corrected chi connectivity index (χ4v) is 2.45. The maximum atomic E-state index is 5.62. The van der Waals surface area contributed by atoms with Gasteiger partial charge in [-0.2, -0.15) is 0 Å². The fraction of sp³-hybridized carbons (Fsp3) is 0.643. The normalized spacial score (nSPS) is 18.1. The van der Waals surface area contributed by atoms with Gasteiger partial charge in [-0.25, -0.2) is 0 Å². The van der Waals surface area contributed by atoms with Crippen LogP contribution in [-0.2, 0) is 13.1 Å². The third kappa shape index (κ3) is 3.77. The minimum atomic E-state index is 0.526. The van der Waals surface area contributed by atoms with Crippen LogP contribution in [0.15, 0.2) is 18.2 Å². The minimum absolute atomic E-state index is 0.526. The lowest BCUT2D eigenvalue weighted by Gasteiger charge is -2.34. The Hall–Kier alpha value is -0.970. The van der Waals surface area contributed by atoms with Crippen molar-refractivity contribution in [1.82, 2.24) is 14.8 Å². The smallest absolute Gasteiger partial charge is 0.0547 e. The van der Waals surface area contributed by atoms with Gasteiger partial charge in [-0.3, -0.25) is 9.88 Å². The van der Waals surface area contributed by atoms with Gasteiger partial charge in [0.2, 0.25) is 0 Å². The van der Waals surface area contributed by atoms with E-state index >= 15 is 0 Å². The van der Waals surface area contributed by atoms with Crippen LogP contribution in [0.5, 0.6) is 0 Å². The molecule has 0 radical (unpaired) electrons. The van der Waals surface area contributed by atoms with E-state index in [4.69, 9.17) is 5.73 Å². The topological polar surface area (TPSA) is 45.4 Å². The Bertz CT molecular complexity index is 359. The van der Waals surface area contributed by atoms with Crippen LogP contribution in [0.25, 0.3) is 0 Å². The molecule has 4 heteroatoms. The third-order valence-electron chi connectivity index (χ3n) is 3.46. The molecule has 0 unspecified atom stereocenters. The molecule has 0 aromatic carbocycles. The molecule has 1 aliphatic heterocycles. The Morgan fingerprint density at radius 3 is 2.44 bits per heavy atom. The average Bonchev–Trinajstić information content (AvgIpc) is 2.42. The summed E-state index contributed by atoms with van der Waals surface area (Å²) in [6.45, 7) is 9.62. The summed E-state index contributed by atoms with van der Waals surface area (Å²) in [5.41, 5.74) is 7.74. The Labute approximate surface area is 110 Å². The number of hydrogen-bond acceptors (Lipinski definition) is 4. The van der Waals surface area contributed by atoms with Crippen molar-refractivity contribution in [3.63, 3.8) is 0 Å². The van der Waals surface area contributed by atoms with Crippen molar-refractivity contribution >= 4 is 0 Å². The van der Waals surface area contributed by atoms with Gasteiger partial charge in [-0.05, 0) is 25.1 Å². The summed E-state index contributed by atoms with van der Waals surface area (Å²) < 4.78 is 0. The van der Waals surface area contributed by atoms with E-state index in [1.807, 2.05) is 6.07 Å². The van der Waals surface area contributed by atoms with Gasteiger partial charge in [0.15, 0.2) is 0 Å². The standard InChI is InChI=1S/C14H24N4/c1-2-6-17-7-9-18(10-8-17)12-14-5-3-4-13(11-15)16-14/h3-5H,2,6-12,15H2,1H3.